The van der Waals surface area contributed by atoms with Crippen molar-refractivity contribution in [2.75, 3.05) is 0 Å². The molecule has 0 spiro atoms. The number of hydrogen-bond acceptors (Lipinski definition) is 4. The normalized spacial score (nSPS) is 9.44. The van der Waals surface area contributed by atoms with E-state index in [0.717, 1.165) is 5.69 Å². The van der Waals surface area contributed by atoms with Crippen molar-refractivity contribution in [1.82, 2.24) is 15.0 Å². The molecule has 0 aromatic carbocycles. The summed E-state index contributed by atoms with van der Waals surface area (Å²) in [7, 11) is 0. The molecule has 0 aliphatic heterocycles. The van der Waals surface area contributed by atoms with Crippen LogP contribution in [0.5, 0.6) is 0 Å². The maximum Gasteiger partial charge on any atom is 0.179 e. The second kappa shape index (κ2) is 5.16. The molecule has 0 aliphatic carbocycles. The van der Waals surface area contributed by atoms with Gasteiger partial charge in [-0.2, -0.15) is 0 Å². The summed E-state index contributed by atoms with van der Waals surface area (Å²) in [4.78, 5) is 12.5. The summed E-state index contributed by atoms with van der Waals surface area (Å²) in [5, 5.41) is 7.23. The fourth-order valence-electron chi connectivity index (χ4n) is 1.13. The number of amidine groups is 1. The number of hydrogen-bond donors (Lipinski definition) is 2. The molecule has 0 bridgehead atoms. The lowest BCUT2D eigenvalue weighted by atomic mass is 10.3. The van der Waals surface area contributed by atoms with Crippen molar-refractivity contribution in [3.8, 4) is 0 Å². The Morgan fingerprint density at radius 1 is 1.25 bits per heavy atom. The molecule has 5 heteroatoms. The number of nitrogens with two attached hydrogens (primary N) is 1. The highest BCUT2D eigenvalue weighted by Gasteiger charge is 2.02. The average molecular weight is 217 g/mol. The van der Waals surface area contributed by atoms with Gasteiger partial charge in [0.1, 0.15) is 17.0 Å². The molecule has 2 rings (SSSR count). The summed E-state index contributed by atoms with van der Waals surface area (Å²) >= 11 is 0. The highest BCUT2D eigenvalue weighted by atomic mass is 14.9. The molecule has 0 saturated heterocycles. The lowest BCUT2D eigenvalue weighted by Gasteiger charge is -2.00. The van der Waals surface area contributed by atoms with Crippen LogP contribution < -0.4 is 5.73 Å². The van der Waals surface area contributed by atoms with Gasteiger partial charge in [-0.25, -0.2) is 9.97 Å². The van der Waals surface area contributed by atoms with Crippen LogP contribution in [0.3, 0.4) is 0 Å². The Balaban J connectivity index is 0.000000606. The summed E-state index contributed by atoms with van der Waals surface area (Å²) < 4.78 is 0. The quantitative estimate of drug-likeness (QED) is 0.561. The molecule has 2 heterocycles. The van der Waals surface area contributed by atoms with Gasteiger partial charge in [0.25, 0.3) is 0 Å². The molecule has 84 valence electrons. The van der Waals surface area contributed by atoms with Crippen LogP contribution in [0.4, 0.5) is 0 Å². The molecule has 0 aliphatic rings. The SMILES string of the molecule is CC.Cc1cnc2ccc(C(=N)N)nc2n1. The Kier molecular flexibility index (Phi) is 3.88. The lowest BCUT2D eigenvalue weighted by Crippen LogP contribution is -2.13. The number of rotatable bonds is 1. The second-order valence-corrected chi connectivity index (χ2v) is 2.96. The number of nitrogens with one attached hydrogen (secondary N) is 1. The van der Waals surface area contributed by atoms with E-state index in [-0.39, 0.29) is 5.84 Å². The van der Waals surface area contributed by atoms with E-state index in [2.05, 4.69) is 15.0 Å². The monoisotopic (exact) mass is 217 g/mol. The van der Waals surface area contributed by atoms with E-state index in [1.54, 1.807) is 18.3 Å². The van der Waals surface area contributed by atoms with E-state index in [0.29, 0.717) is 16.9 Å². The van der Waals surface area contributed by atoms with Gasteiger partial charge in [-0.05, 0) is 19.1 Å². The lowest BCUT2D eigenvalue weighted by molar-refractivity contribution is 1.14. The topological polar surface area (TPSA) is 88.5 Å². The smallest absolute Gasteiger partial charge is 0.179 e. The van der Waals surface area contributed by atoms with Crippen molar-refractivity contribution in [1.29, 1.82) is 5.41 Å². The first-order valence-corrected chi connectivity index (χ1v) is 5.11. The van der Waals surface area contributed by atoms with Gasteiger partial charge in [0, 0.05) is 6.20 Å². The molecule has 0 amide bonds. The van der Waals surface area contributed by atoms with Gasteiger partial charge >= 0.3 is 0 Å². The fraction of sp³-hybridized carbons (Fsp3) is 0.273. The zero-order valence-corrected chi connectivity index (χ0v) is 9.65. The third-order valence-corrected chi connectivity index (χ3v) is 1.80. The van der Waals surface area contributed by atoms with Gasteiger partial charge in [-0.1, -0.05) is 13.8 Å². The van der Waals surface area contributed by atoms with Crippen LogP contribution in [-0.4, -0.2) is 20.8 Å². The summed E-state index contributed by atoms with van der Waals surface area (Å²) in [6.45, 7) is 5.84. The van der Waals surface area contributed by atoms with Crippen LogP contribution in [-0.2, 0) is 0 Å². The first-order valence-electron chi connectivity index (χ1n) is 5.11. The van der Waals surface area contributed by atoms with Gasteiger partial charge in [-0.15, -0.1) is 0 Å². The van der Waals surface area contributed by atoms with Crippen LogP contribution in [0.25, 0.3) is 11.2 Å². The Bertz CT molecular complexity index is 507. The maximum absolute atomic E-state index is 7.23. The fourth-order valence-corrected chi connectivity index (χ4v) is 1.13. The van der Waals surface area contributed by atoms with Crippen molar-refractivity contribution in [2.24, 2.45) is 5.73 Å². The predicted molar refractivity (Wildman–Crippen MR) is 64.4 cm³/mol. The van der Waals surface area contributed by atoms with E-state index in [1.807, 2.05) is 20.8 Å². The number of fused-ring (bicyclic) bond motifs is 1. The van der Waals surface area contributed by atoms with Crippen LogP contribution in [0.1, 0.15) is 25.2 Å². The Hall–Kier alpha value is -2.04. The van der Waals surface area contributed by atoms with E-state index < -0.39 is 0 Å². The third kappa shape index (κ3) is 2.50. The minimum Gasteiger partial charge on any atom is -0.382 e. The maximum atomic E-state index is 7.23. The van der Waals surface area contributed by atoms with Crippen molar-refractivity contribution in [3.63, 3.8) is 0 Å². The summed E-state index contributed by atoms with van der Waals surface area (Å²) in [6, 6.07) is 3.42. The molecule has 3 N–H and O–H groups in total. The van der Waals surface area contributed by atoms with Crippen molar-refractivity contribution in [3.05, 3.63) is 29.7 Å². The first-order chi connectivity index (χ1) is 7.66. The van der Waals surface area contributed by atoms with Crippen LogP contribution in [0.2, 0.25) is 0 Å². The highest BCUT2D eigenvalue weighted by molar-refractivity contribution is 5.94. The van der Waals surface area contributed by atoms with E-state index in [1.165, 1.54) is 0 Å². The number of aryl methyl sites for hydroxylation is 1. The van der Waals surface area contributed by atoms with Crippen molar-refractivity contribution >= 4 is 17.0 Å². The number of aromatic nitrogens is 3. The molecule has 0 saturated carbocycles. The third-order valence-electron chi connectivity index (χ3n) is 1.80. The predicted octanol–water partition coefficient (Wildman–Crippen LogP) is 1.64. The van der Waals surface area contributed by atoms with Crippen LogP contribution in [0, 0.1) is 12.3 Å². The minimum atomic E-state index is -0.0600. The van der Waals surface area contributed by atoms with Crippen molar-refractivity contribution in [2.45, 2.75) is 20.8 Å². The molecular formula is C11H15N5. The molecule has 2 aromatic heterocycles. The molecule has 16 heavy (non-hydrogen) atoms. The molecule has 0 radical (unpaired) electrons. The van der Waals surface area contributed by atoms with Gasteiger partial charge in [0.05, 0.1) is 5.69 Å². The summed E-state index contributed by atoms with van der Waals surface area (Å²) in [5.41, 5.74) is 7.78. The number of pyridine rings is 1. The molecule has 0 atom stereocenters. The summed E-state index contributed by atoms with van der Waals surface area (Å²) in [6.07, 6.45) is 1.68. The zero-order chi connectivity index (χ0) is 12.1. The van der Waals surface area contributed by atoms with Gasteiger partial charge < -0.3 is 5.73 Å². The Morgan fingerprint density at radius 2 is 1.94 bits per heavy atom. The van der Waals surface area contributed by atoms with E-state index in [9.17, 15) is 0 Å². The largest absolute Gasteiger partial charge is 0.382 e. The second-order valence-electron chi connectivity index (χ2n) is 2.96. The summed E-state index contributed by atoms with van der Waals surface area (Å²) in [5.74, 6) is -0.0600. The Morgan fingerprint density at radius 3 is 2.56 bits per heavy atom. The first kappa shape index (κ1) is 12.0. The zero-order valence-electron chi connectivity index (χ0n) is 9.65. The molecule has 5 nitrogen and oxygen atoms in total. The number of nitrogen functional groups attached to an aromatic ring is 1. The van der Waals surface area contributed by atoms with Gasteiger partial charge in [0.15, 0.2) is 5.65 Å². The minimum absolute atomic E-state index is 0.0600. The molecular weight excluding hydrogens is 202 g/mol. The highest BCUT2D eigenvalue weighted by Crippen LogP contribution is 2.07. The molecule has 0 unspecified atom stereocenters. The Labute approximate surface area is 94.3 Å². The van der Waals surface area contributed by atoms with Crippen LogP contribution in [0.15, 0.2) is 18.3 Å². The van der Waals surface area contributed by atoms with E-state index in [4.69, 9.17) is 11.1 Å². The number of nitrogens with zero attached hydrogens (tertiary/aromatic N) is 3. The van der Waals surface area contributed by atoms with Gasteiger partial charge in [-0.3, -0.25) is 10.4 Å². The van der Waals surface area contributed by atoms with Crippen molar-refractivity contribution < 1.29 is 0 Å². The van der Waals surface area contributed by atoms with E-state index >= 15 is 0 Å². The molecule has 2 aromatic rings. The molecule has 0 fully saturated rings. The van der Waals surface area contributed by atoms with Crippen LogP contribution >= 0.6 is 0 Å². The standard InChI is InChI=1S/C9H9N5.C2H6/c1-5-4-12-7-3-2-6(8(10)11)14-9(7)13-5;1-2/h2-4H,1H3,(H3,10,11);1-2H3. The average Bonchev–Trinajstić information content (AvgIpc) is 2.30. The van der Waals surface area contributed by atoms with Gasteiger partial charge in [0.2, 0.25) is 0 Å².